The second-order valence-electron chi connectivity index (χ2n) is 6.94. The summed E-state index contributed by atoms with van der Waals surface area (Å²) in [6, 6.07) is 7.09. The first-order valence-electron chi connectivity index (χ1n) is 8.44. The first kappa shape index (κ1) is 18.2. The number of fused-ring (bicyclic) bond motifs is 1. The first-order valence-corrected chi connectivity index (χ1v) is 10.3. The minimum atomic E-state index is -3.31. The second kappa shape index (κ2) is 6.93. The largest absolute Gasteiger partial charge is 0.376 e. The van der Waals surface area contributed by atoms with E-state index >= 15 is 0 Å². The van der Waals surface area contributed by atoms with E-state index in [1.165, 1.54) is 11.4 Å². The van der Waals surface area contributed by atoms with Crippen LogP contribution in [-0.4, -0.2) is 70.4 Å². The molecule has 1 N–H and O–H groups in total. The molecule has 2 aliphatic rings. The number of amides is 1. The van der Waals surface area contributed by atoms with Gasteiger partial charge >= 0.3 is 0 Å². The van der Waals surface area contributed by atoms with Crippen molar-refractivity contribution in [3.05, 3.63) is 29.8 Å². The Balaban J connectivity index is 1.60. The molecule has 0 bridgehead atoms. The fourth-order valence-corrected chi connectivity index (χ4v) is 3.93. The van der Waals surface area contributed by atoms with Crippen molar-refractivity contribution in [2.75, 3.05) is 37.3 Å². The van der Waals surface area contributed by atoms with Crippen molar-refractivity contribution < 1.29 is 17.9 Å². The van der Waals surface area contributed by atoms with Crippen LogP contribution in [-0.2, 0) is 14.8 Å². The summed E-state index contributed by atoms with van der Waals surface area (Å²) in [4.78, 5) is 14.8. The summed E-state index contributed by atoms with van der Waals surface area (Å²) < 4.78 is 30.0. The molecule has 2 heterocycles. The molecule has 2 aliphatic heterocycles. The van der Waals surface area contributed by atoms with Gasteiger partial charge in [-0.3, -0.25) is 14.0 Å². The Kier molecular flexibility index (Phi) is 5.04. The molecule has 0 saturated carbocycles. The van der Waals surface area contributed by atoms with Gasteiger partial charge in [-0.15, -0.1) is 0 Å². The number of benzene rings is 1. The van der Waals surface area contributed by atoms with Gasteiger partial charge in [0, 0.05) is 37.8 Å². The predicted octanol–water partition coefficient (Wildman–Crippen LogP) is 0.674. The third-order valence-corrected chi connectivity index (χ3v) is 6.12. The van der Waals surface area contributed by atoms with Gasteiger partial charge in [-0.1, -0.05) is 0 Å². The minimum Gasteiger partial charge on any atom is -0.376 e. The van der Waals surface area contributed by atoms with E-state index in [9.17, 15) is 13.2 Å². The van der Waals surface area contributed by atoms with E-state index in [4.69, 9.17) is 4.74 Å². The number of rotatable bonds is 4. The lowest BCUT2D eigenvalue weighted by Gasteiger charge is -2.33. The van der Waals surface area contributed by atoms with E-state index in [0.29, 0.717) is 17.3 Å². The average molecular weight is 367 g/mol. The van der Waals surface area contributed by atoms with Gasteiger partial charge < -0.3 is 10.1 Å². The van der Waals surface area contributed by atoms with Crippen LogP contribution < -0.4 is 9.62 Å². The maximum atomic E-state index is 12.5. The van der Waals surface area contributed by atoms with Gasteiger partial charge in [-0.05, 0) is 37.6 Å². The Labute approximate surface area is 149 Å². The van der Waals surface area contributed by atoms with E-state index in [0.717, 1.165) is 32.4 Å². The Morgan fingerprint density at radius 2 is 1.96 bits per heavy atom. The minimum absolute atomic E-state index is 0.116. The zero-order chi connectivity index (χ0) is 18.2. The molecule has 7 nitrogen and oxygen atoms in total. The number of anilines is 1. The topological polar surface area (TPSA) is 79.0 Å². The highest BCUT2D eigenvalue weighted by Gasteiger charge is 2.36. The summed E-state index contributed by atoms with van der Waals surface area (Å²) in [6.45, 7) is 4.54. The summed E-state index contributed by atoms with van der Waals surface area (Å²) in [5, 5.41) is 3.08. The van der Waals surface area contributed by atoms with Crippen LogP contribution in [0.4, 0.5) is 5.69 Å². The van der Waals surface area contributed by atoms with Gasteiger partial charge in [0.2, 0.25) is 10.0 Å². The third kappa shape index (κ3) is 4.13. The van der Waals surface area contributed by atoms with Crippen molar-refractivity contribution in [3.8, 4) is 0 Å². The van der Waals surface area contributed by atoms with Crippen molar-refractivity contribution in [3.63, 3.8) is 0 Å². The lowest BCUT2D eigenvalue weighted by Crippen LogP contribution is -2.45. The number of sulfonamides is 1. The highest BCUT2D eigenvalue weighted by atomic mass is 32.2. The van der Waals surface area contributed by atoms with Crippen molar-refractivity contribution in [1.29, 1.82) is 0 Å². The first-order chi connectivity index (χ1) is 11.7. The Hall–Kier alpha value is -1.64. The highest BCUT2D eigenvalue weighted by molar-refractivity contribution is 7.92. The van der Waals surface area contributed by atoms with Gasteiger partial charge in [-0.25, -0.2) is 8.42 Å². The molecule has 1 aromatic carbocycles. The van der Waals surface area contributed by atoms with Crippen LogP contribution in [0.25, 0.3) is 0 Å². The maximum Gasteiger partial charge on any atom is 0.251 e. The van der Waals surface area contributed by atoms with Gasteiger partial charge in [0.05, 0.1) is 24.7 Å². The second-order valence-corrected chi connectivity index (χ2v) is 8.95. The molecule has 3 atom stereocenters. The number of ether oxygens (including phenoxy) is 1. The average Bonchev–Trinajstić information content (AvgIpc) is 2.94. The molecule has 0 aliphatic carbocycles. The number of hydrogen-bond acceptors (Lipinski definition) is 5. The lowest BCUT2D eigenvalue weighted by molar-refractivity contribution is -0.0390. The summed E-state index contributed by atoms with van der Waals surface area (Å²) in [5.74, 6) is -0.132. The fourth-order valence-electron chi connectivity index (χ4n) is 3.43. The fraction of sp³-hybridized carbons (Fsp3) is 0.588. The summed E-state index contributed by atoms with van der Waals surface area (Å²) >= 11 is 0. The van der Waals surface area contributed by atoms with Crippen LogP contribution in [0.2, 0.25) is 0 Å². The molecule has 2 saturated heterocycles. The smallest absolute Gasteiger partial charge is 0.251 e. The normalized spacial score (nSPS) is 26.9. The monoisotopic (exact) mass is 367 g/mol. The van der Waals surface area contributed by atoms with E-state index in [-0.39, 0.29) is 18.1 Å². The molecule has 0 radical (unpaired) electrons. The molecule has 3 rings (SSSR count). The number of morpholine rings is 1. The Morgan fingerprint density at radius 1 is 1.28 bits per heavy atom. The summed E-state index contributed by atoms with van der Waals surface area (Å²) in [7, 11) is -1.82. The van der Waals surface area contributed by atoms with E-state index in [1.54, 1.807) is 24.3 Å². The number of nitrogens with zero attached hydrogens (tertiary/aromatic N) is 2. The number of carbonyl (C=O) groups excluding carboxylic acids is 1. The van der Waals surface area contributed by atoms with Gasteiger partial charge in [0.15, 0.2) is 0 Å². The quantitative estimate of drug-likeness (QED) is 0.846. The molecule has 138 valence electrons. The molecule has 2 fully saturated rings. The number of hydrogen-bond donors (Lipinski definition) is 1. The van der Waals surface area contributed by atoms with Crippen molar-refractivity contribution >= 4 is 21.6 Å². The van der Waals surface area contributed by atoms with Crippen LogP contribution in [0.15, 0.2) is 24.3 Å². The summed E-state index contributed by atoms with van der Waals surface area (Å²) in [6.07, 6.45) is 2.28. The van der Waals surface area contributed by atoms with Crippen LogP contribution >= 0.6 is 0 Å². The van der Waals surface area contributed by atoms with E-state index < -0.39 is 10.0 Å². The van der Waals surface area contributed by atoms with E-state index in [1.807, 2.05) is 0 Å². The van der Waals surface area contributed by atoms with Gasteiger partial charge in [-0.2, -0.15) is 0 Å². The molecule has 0 aromatic heterocycles. The van der Waals surface area contributed by atoms with Gasteiger partial charge in [0.25, 0.3) is 5.91 Å². The zero-order valence-corrected chi connectivity index (χ0v) is 15.6. The molecule has 0 spiro atoms. The molecular formula is C17H25N3O4S. The predicted molar refractivity (Wildman–Crippen MR) is 96.3 cm³/mol. The molecule has 8 heteroatoms. The van der Waals surface area contributed by atoms with Gasteiger partial charge in [0.1, 0.15) is 0 Å². The Morgan fingerprint density at radius 3 is 2.60 bits per heavy atom. The van der Waals surface area contributed by atoms with Crippen molar-refractivity contribution in [2.24, 2.45) is 0 Å². The standard InChI is InChI=1S/C17H25N3O4S/c1-12-9-20-10-14(8-16(20)11-24-12)18-17(21)13-4-6-15(7-5-13)19(2)25(3,22)23/h4-7,12,14,16H,8-11H2,1-3H3,(H,18,21)/t12-,14+,16-/m0/s1. The van der Waals surface area contributed by atoms with E-state index in [2.05, 4.69) is 17.1 Å². The number of nitrogens with one attached hydrogen (secondary N) is 1. The Bertz CT molecular complexity index is 735. The molecule has 0 unspecified atom stereocenters. The van der Waals surface area contributed by atoms with Crippen LogP contribution in [0.3, 0.4) is 0 Å². The lowest BCUT2D eigenvalue weighted by atomic mass is 10.1. The molecule has 1 aromatic rings. The third-order valence-electron chi connectivity index (χ3n) is 4.92. The number of carbonyl (C=O) groups is 1. The van der Waals surface area contributed by atoms with Crippen LogP contribution in [0.5, 0.6) is 0 Å². The molecule has 25 heavy (non-hydrogen) atoms. The van der Waals surface area contributed by atoms with Crippen LogP contribution in [0.1, 0.15) is 23.7 Å². The SMILES string of the molecule is C[C@H]1CN2C[C@H](NC(=O)c3ccc(N(C)S(C)(=O)=O)cc3)C[C@H]2CO1. The van der Waals surface area contributed by atoms with Crippen molar-refractivity contribution in [1.82, 2.24) is 10.2 Å². The molecular weight excluding hydrogens is 342 g/mol. The van der Waals surface area contributed by atoms with Crippen LogP contribution in [0, 0.1) is 0 Å². The highest BCUT2D eigenvalue weighted by Crippen LogP contribution is 2.23. The molecule has 1 amide bonds. The maximum absolute atomic E-state index is 12.5. The van der Waals surface area contributed by atoms with Crippen molar-refractivity contribution in [2.45, 2.75) is 31.5 Å². The zero-order valence-electron chi connectivity index (χ0n) is 14.8. The summed E-state index contributed by atoms with van der Waals surface area (Å²) in [5.41, 5.74) is 1.06.